The molecule has 0 saturated carbocycles. The molecule has 0 spiro atoms. The lowest BCUT2D eigenvalue weighted by Gasteiger charge is -2.36. The summed E-state index contributed by atoms with van der Waals surface area (Å²) in [6, 6.07) is 21.3. The molecule has 1 unspecified atom stereocenters. The summed E-state index contributed by atoms with van der Waals surface area (Å²) in [5.41, 5.74) is 1.06. The van der Waals surface area contributed by atoms with Crippen molar-refractivity contribution in [2.75, 3.05) is 20.8 Å². The van der Waals surface area contributed by atoms with Crippen molar-refractivity contribution in [2.24, 2.45) is 0 Å². The maximum atomic E-state index is 15.2. The third-order valence-corrected chi connectivity index (χ3v) is 6.55. The van der Waals surface area contributed by atoms with E-state index >= 15 is 4.39 Å². The summed E-state index contributed by atoms with van der Waals surface area (Å²) >= 11 is 0. The summed E-state index contributed by atoms with van der Waals surface area (Å²) in [5, 5.41) is 1.67. The molecule has 188 valence electrons. The third kappa shape index (κ3) is 4.29. The summed E-state index contributed by atoms with van der Waals surface area (Å²) in [6.45, 7) is 2.26. The van der Waals surface area contributed by atoms with Crippen molar-refractivity contribution in [2.45, 2.75) is 18.9 Å². The molecule has 0 aromatic heterocycles. The van der Waals surface area contributed by atoms with Gasteiger partial charge in [-0.2, -0.15) is 0 Å². The van der Waals surface area contributed by atoms with Gasteiger partial charge in [0.15, 0.2) is 5.60 Å². The second-order valence-electron chi connectivity index (χ2n) is 8.77. The number of carbonyl (C=O) groups excluding carboxylic acids is 1. The lowest BCUT2D eigenvalue weighted by atomic mass is 9.82. The van der Waals surface area contributed by atoms with E-state index in [4.69, 9.17) is 18.9 Å². The van der Waals surface area contributed by atoms with Crippen molar-refractivity contribution in [1.29, 1.82) is 0 Å². The van der Waals surface area contributed by atoms with E-state index in [9.17, 15) is 4.79 Å². The Hall–Kier alpha value is -4.32. The van der Waals surface area contributed by atoms with Gasteiger partial charge in [-0.3, -0.25) is 0 Å². The molecule has 1 aliphatic heterocycles. The van der Waals surface area contributed by atoms with E-state index in [1.807, 2.05) is 61.5 Å². The zero-order valence-electron chi connectivity index (χ0n) is 20.9. The summed E-state index contributed by atoms with van der Waals surface area (Å²) in [4.78, 5) is 12.8. The van der Waals surface area contributed by atoms with E-state index in [2.05, 4.69) is 0 Å². The Kier molecular flexibility index (Phi) is 6.57. The van der Waals surface area contributed by atoms with Crippen molar-refractivity contribution < 1.29 is 28.1 Å². The topological polar surface area (TPSA) is 54.0 Å². The highest BCUT2D eigenvalue weighted by atomic mass is 19.1. The van der Waals surface area contributed by atoms with Crippen molar-refractivity contribution in [3.8, 4) is 17.2 Å². The predicted molar refractivity (Wildman–Crippen MR) is 141 cm³/mol. The smallest absolute Gasteiger partial charge is 0.341 e. The molecule has 0 radical (unpaired) electrons. The largest absolute Gasteiger partial charge is 0.497 e. The molecule has 5 nitrogen and oxygen atoms in total. The Balaban J connectivity index is 1.68. The molecule has 1 heterocycles. The van der Waals surface area contributed by atoms with Crippen LogP contribution in [0.2, 0.25) is 0 Å². The zero-order valence-corrected chi connectivity index (χ0v) is 20.9. The van der Waals surface area contributed by atoms with Crippen LogP contribution in [-0.2, 0) is 10.3 Å². The van der Waals surface area contributed by atoms with Crippen LogP contribution in [0.15, 0.2) is 78.9 Å². The van der Waals surface area contributed by atoms with Crippen LogP contribution in [0.25, 0.3) is 16.8 Å². The molecule has 6 heteroatoms. The minimum absolute atomic E-state index is 0.322. The molecule has 37 heavy (non-hydrogen) atoms. The van der Waals surface area contributed by atoms with Crippen LogP contribution in [0.5, 0.6) is 17.2 Å². The quantitative estimate of drug-likeness (QED) is 0.259. The molecular weight excluding hydrogens is 471 g/mol. The Bertz CT molecular complexity index is 1490. The molecule has 1 atom stereocenters. The number of carbonyl (C=O) groups is 1. The summed E-state index contributed by atoms with van der Waals surface area (Å²) in [5.74, 6) is 0.867. The molecule has 0 aliphatic carbocycles. The van der Waals surface area contributed by atoms with Crippen LogP contribution in [0.4, 0.5) is 4.39 Å². The second kappa shape index (κ2) is 9.97. The van der Waals surface area contributed by atoms with Gasteiger partial charge in [0.05, 0.1) is 20.8 Å². The van der Waals surface area contributed by atoms with Crippen molar-refractivity contribution in [3.05, 3.63) is 107 Å². The summed E-state index contributed by atoms with van der Waals surface area (Å²) in [7, 11) is 3.12. The number of halogens is 1. The van der Waals surface area contributed by atoms with Crippen molar-refractivity contribution in [1.82, 2.24) is 0 Å². The fourth-order valence-corrected chi connectivity index (χ4v) is 4.68. The fraction of sp³-hybridized carbons (Fsp3) is 0.194. The predicted octanol–water partition coefficient (Wildman–Crippen LogP) is 6.91. The van der Waals surface area contributed by atoms with Gasteiger partial charge in [0, 0.05) is 16.7 Å². The van der Waals surface area contributed by atoms with Gasteiger partial charge in [-0.25, -0.2) is 9.18 Å². The second-order valence-corrected chi connectivity index (χ2v) is 8.77. The number of hydrogen-bond acceptors (Lipinski definition) is 5. The van der Waals surface area contributed by atoms with Gasteiger partial charge in [-0.15, -0.1) is 0 Å². The molecule has 4 aromatic rings. The molecule has 1 aliphatic rings. The van der Waals surface area contributed by atoms with Gasteiger partial charge in [0.2, 0.25) is 0 Å². The van der Waals surface area contributed by atoms with Gasteiger partial charge in [-0.1, -0.05) is 43.3 Å². The molecular formula is C31H27FO5. The summed E-state index contributed by atoms with van der Waals surface area (Å²) < 4.78 is 38.0. The first-order chi connectivity index (χ1) is 18.0. The number of esters is 1. The highest BCUT2D eigenvalue weighted by Crippen LogP contribution is 2.45. The van der Waals surface area contributed by atoms with Crippen LogP contribution < -0.4 is 14.2 Å². The normalized spacial score (nSPS) is 16.1. The molecule has 0 bridgehead atoms. The van der Waals surface area contributed by atoms with Crippen LogP contribution in [0.1, 0.15) is 40.4 Å². The van der Waals surface area contributed by atoms with Gasteiger partial charge < -0.3 is 18.9 Å². The first-order valence-corrected chi connectivity index (χ1v) is 12.1. The first kappa shape index (κ1) is 24.4. The van der Waals surface area contributed by atoms with E-state index in [0.717, 1.165) is 28.3 Å². The van der Waals surface area contributed by atoms with Crippen LogP contribution >= 0.6 is 0 Å². The maximum absolute atomic E-state index is 15.2. The molecule has 0 saturated heterocycles. The maximum Gasteiger partial charge on any atom is 0.341 e. The molecule has 5 rings (SSSR count). The van der Waals surface area contributed by atoms with E-state index < -0.39 is 11.6 Å². The third-order valence-electron chi connectivity index (χ3n) is 6.55. The highest BCUT2D eigenvalue weighted by molar-refractivity contribution is 6.02. The Morgan fingerprint density at radius 2 is 1.76 bits per heavy atom. The molecule has 0 N–H and O–H groups in total. The van der Waals surface area contributed by atoms with E-state index in [-0.39, 0.29) is 5.82 Å². The fourth-order valence-electron chi connectivity index (χ4n) is 4.68. The minimum Gasteiger partial charge on any atom is -0.497 e. The van der Waals surface area contributed by atoms with Gasteiger partial charge in [0.25, 0.3) is 0 Å². The number of methoxy groups -OCH3 is 2. The highest BCUT2D eigenvalue weighted by Gasteiger charge is 2.39. The lowest BCUT2D eigenvalue weighted by Crippen LogP contribution is -2.35. The molecule has 4 aromatic carbocycles. The Morgan fingerprint density at radius 3 is 2.46 bits per heavy atom. The number of rotatable bonds is 7. The summed E-state index contributed by atoms with van der Waals surface area (Å²) in [6.07, 6.45) is 4.50. The van der Waals surface area contributed by atoms with E-state index in [1.165, 1.54) is 13.2 Å². The number of ether oxygens (including phenoxy) is 4. The minimum atomic E-state index is -1.20. The van der Waals surface area contributed by atoms with Gasteiger partial charge in [0.1, 0.15) is 28.6 Å². The zero-order chi connectivity index (χ0) is 26.0. The number of hydrogen-bond donors (Lipinski definition) is 0. The average molecular weight is 499 g/mol. The standard InChI is InChI=1S/C31H27FO5/c1-4-17-36-30(33)25-19-24-20(18-29(25)35-3)9-14-28-23(24)15-16-31(37-28,26-7-5-6-8-27(26)32)21-10-12-22(34-2)13-11-21/h5-16,18-19H,4,17H2,1-3H3. The van der Waals surface area contributed by atoms with E-state index in [1.54, 1.807) is 31.4 Å². The molecule has 0 fully saturated rings. The Labute approximate surface area is 215 Å². The van der Waals surface area contributed by atoms with E-state index in [0.29, 0.717) is 35.0 Å². The van der Waals surface area contributed by atoms with Crippen LogP contribution in [0.3, 0.4) is 0 Å². The Morgan fingerprint density at radius 1 is 0.973 bits per heavy atom. The van der Waals surface area contributed by atoms with Gasteiger partial charge >= 0.3 is 5.97 Å². The average Bonchev–Trinajstić information content (AvgIpc) is 2.95. The lowest BCUT2D eigenvalue weighted by molar-refractivity contribution is 0.0501. The monoisotopic (exact) mass is 498 g/mol. The SMILES string of the molecule is CCCOC(=O)c1cc2c3c(ccc2cc1OC)OC(c1ccc(OC)cc1)(c1ccccc1F)C=C3. The number of benzene rings is 4. The van der Waals surface area contributed by atoms with Gasteiger partial charge in [-0.05, 0) is 65.7 Å². The van der Waals surface area contributed by atoms with Crippen LogP contribution in [0, 0.1) is 5.82 Å². The number of fused-ring (bicyclic) bond motifs is 3. The first-order valence-electron chi connectivity index (χ1n) is 12.1. The van der Waals surface area contributed by atoms with Crippen LogP contribution in [-0.4, -0.2) is 26.8 Å². The van der Waals surface area contributed by atoms with Crippen molar-refractivity contribution in [3.63, 3.8) is 0 Å². The van der Waals surface area contributed by atoms with Crippen molar-refractivity contribution >= 4 is 22.8 Å². The molecule has 0 amide bonds.